The molecule has 2 aromatic heterocycles. The number of nitrogens with one attached hydrogen (secondary N) is 1. The molecular formula is C24H24N4O5. The number of rotatable bonds is 8. The average Bonchev–Trinajstić information content (AvgIpc) is 3.29. The molecule has 0 aliphatic carbocycles. The van der Waals surface area contributed by atoms with Crippen LogP contribution in [-0.2, 0) is 17.9 Å². The number of hydrogen-bond acceptors (Lipinski definition) is 6. The van der Waals surface area contributed by atoms with Crippen LogP contribution in [-0.4, -0.2) is 41.4 Å². The maximum absolute atomic E-state index is 13.0. The molecule has 0 spiro atoms. The minimum Gasteiger partial charge on any atom is -0.497 e. The number of methoxy groups -OCH3 is 3. The minimum absolute atomic E-state index is 0.101. The number of hydrogen-bond donors (Lipinski definition) is 1. The van der Waals surface area contributed by atoms with Crippen LogP contribution in [0.3, 0.4) is 0 Å². The first kappa shape index (κ1) is 21.9. The molecule has 170 valence electrons. The fraction of sp³-hybridized carbons (Fsp3) is 0.208. The van der Waals surface area contributed by atoms with Gasteiger partial charge in [-0.1, -0.05) is 12.1 Å². The summed E-state index contributed by atoms with van der Waals surface area (Å²) in [4.78, 5) is 25.4. The van der Waals surface area contributed by atoms with Gasteiger partial charge in [-0.05, 0) is 42.0 Å². The van der Waals surface area contributed by atoms with Gasteiger partial charge < -0.3 is 24.1 Å². The molecule has 9 nitrogen and oxygen atoms in total. The van der Waals surface area contributed by atoms with Gasteiger partial charge in [0.1, 0.15) is 17.8 Å². The van der Waals surface area contributed by atoms with Gasteiger partial charge in [-0.15, -0.1) is 0 Å². The number of fused-ring (bicyclic) bond motifs is 1. The largest absolute Gasteiger partial charge is 0.497 e. The van der Waals surface area contributed by atoms with Gasteiger partial charge in [-0.25, -0.2) is 4.52 Å². The number of nitrogens with zero attached hydrogens (tertiary/aromatic N) is 3. The highest BCUT2D eigenvalue weighted by Gasteiger charge is 2.13. The van der Waals surface area contributed by atoms with E-state index >= 15 is 0 Å². The molecule has 2 heterocycles. The lowest BCUT2D eigenvalue weighted by Crippen LogP contribution is -2.32. The smallest absolute Gasteiger partial charge is 0.277 e. The van der Waals surface area contributed by atoms with Crippen LogP contribution < -0.4 is 25.1 Å². The molecule has 0 radical (unpaired) electrons. The Morgan fingerprint density at radius 2 is 1.79 bits per heavy atom. The number of aromatic nitrogens is 3. The quantitative estimate of drug-likeness (QED) is 0.445. The van der Waals surface area contributed by atoms with Crippen molar-refractivity contribution in [3.63, 3.8) is 0 Å². The third kappa shape index (κ3) is 4.67. The summed E-state index contributed by atoms with van der Waals surface area (Å²) in [6.07, 6.45) is 3.20. The number of carbonyl (C=O) groups excluding carboxylic acids is 1. The van der Waals surface area contributed by atoms with Crippen LogP contribution in [0.25, 0.3) is 16.8 Å². The van der Waals surface area contributed by atoms with E-state index in [1.807, 2.05) is 30.3 Å². The predicted octanol–water partition coefficient (Wildman–Crippen LogP) is 2.51. The highest BCUT2D eigenvalue weighted by molar-refractivity contribution is 5.76. The summed E-state index contributed by atoms with van der Waals surface area (Å²) >= 11 is 0. The zero-order chi connectivity index (χ0) is 23.4. The van der Waals surface area contributed by atoms with Crippen molar-refractivity contribution in [2.75, 3.05) is 21.3 Å². The molecule has 0 fully saturated rings. The Morgan fingerprint density at radius 3 is 2.55 bits per heavy atom. The monoisotopic (exact) mass is 448 g/mol. The van der Waals surface area contributed by atoms with E-state index in [1.54, 1.807) is 51.9 Å². The maximum atomic E-state index is 13.0. The molecule has 4 aromatic rings. The van der Waals surface area contributed by atoms with Gasteiger partial charge in [0.15, 0.2) is 11.5 Å². The summed E-state index contributed by atoms with van der Waals surface area (Å²) < 4.78 is 18.7. The first-order valence-corrected chi connectivity index (χ1v) is 10.2. The van der Waals surface area contributed by atoms with Crippen LogP contribution in [0.1, 0.15) is 5.56 Å². The molecule has 0 atom stereocenters. The molecule has 4 rings (SSSR count). The second kappa shape index (κ2) is 9.47. The van der Waals surface area contributed by atoms with Crippen molar-refractivity contribution in [2.45, 2.75) is 13.1 Å². The Balaban J connectivity index is 1.52. The lowest BCUT2D eigenvalue weighted by atomic mass is 10.1. The van der Waals surface area contributed by atoms with E-state index in [1.165, 1.54) is 9.08 Å². The zero-order valence-corrected chi connectivity index (χ0v) is 18.6. The predicted molar refractivity (Wildman–Crippen MR) is 123 cm³/mol. The summed E-state index contributed by atoms with van der Waals surface area (Å²) in [5.74, 6) is 1.61. The average molecular weight is 448 g/mol. The van der Waals surface area contributed by atoms with Gasteiger partial charge in [-0.3, -0.25) is 9.59 Å². The Morgan fingerprint density at radius 1 is 0.970 bits per heavy atom. The van der Waals surface area contributed by atoms with Gasteiger partial charge in [0.2, 0.25) is 5.91 Å². The van der Waals surface area contributed by atoms with Gasteiger partial charge in [-0.2, -0.15) is 5.10 Å². The Kier molecular flexibility index (Phi) is 6.30. The maximum Gasteiger partial charge on any atom is 0.277 e. The first-order valence-electron chi connectivity index (χ1n) is 10.2. The van der Waals surface area contributed by atoms with Crippen LogP contribution in [0.2, 0.25) is 0 Å². The Labute approximate surface area is 190 Å². The van der Waals surface area contributed by atoms with E-state index in [9.17, 15) is 9.59 Å². The molecule has 33 heavy (non-hydrogen) atoms. The van der Waals surface area contributed by atoms with Crippen molar-refractivity contribution in [3.8, 4) is 28.5 Å². The zero-order valence-electron chi connectivity index (χ0n) is 18.6. The van der Waals surface area contributed by atoms with Crippen LogP contribution in [0.5, 0.6) is 17.2 Å². The number of amides is 1. The van der Waals surface area contributed by atoms with Crippen molar-refractivity contribution in [2.24, 2.45) is 0 Å². The number of ether oxygens (including phenoxy) is 3. The fourth-order valence-corrected chi connectivity index (χ4v) is 3.48. The molecule has 0 unspecified atom stereocenters. The van der Waals surface area contributed by atoms with Crippen LogP contribution in [0.15, 0.2) is 65.7 Å². The third-order valence-electron chi connectivity index (χ3n) is 5.22. The molecule has 1 amide bonds. The summed E-state index contributed by atoms with van der Waals surface area (Å²) in [7, 11) is 4.72. The van der Waals surface area contributed by atoms with Crippen LogP contribution in [0.4, 0.5) is 0 Å². The molecule has 2 aromatic carbocycles. The molecule has 0 aliphatic heterocycles. The van der Waals surface area contributed by atoms with Gasteiger partial charge in [0.25, 0.3) is 5.56 Å². The van der Waals surface area contributed by atoms with Crippen molar-refractivity contribution >= 4 is 11.4 Å². The van der Waals surface area contributed by atoms with E-state index < -0.39 is 0 Å². The molecule has 1 N–H and O–H groups in total. The van der Waals surface area contributed by atoms with Gasteiger partial charge >= 0.3 is 0 Å². The Hall–Kier alpha value is -4.27. The molecule has 0 bridgehead atoms. The van der Waals surface area contributed by atoms with Crippen molar-refractivity contribution in [3.05, 3.63) is 76.8 Å². The van der Waals surface area contributed by atoms with Gasteiger partial charge in [0.05, 0.1) is 27.0 Å². The minimum atomic E-state index is -0.312. The molecule has 0 aliphatic rings. The van der Waals surface area contributed by atoms with E-state index in [4.69, 9.17) is 14.2 Å². The first-order chi connectivity index (χ1) is 16.0. The second-order valence-corrected chi connectivity index (χ2v) is 7.29. The highest BCUT2D eigenvalue weighted by Crippen LogP contribution is 2.31. The summed E-state index contributed by atoms with van der Waals surface area (Å²) in [5.41, 5.74) is 2.34. The number of benzene rings is 2. The Bertz CT molecular complexity index is 1360. The molecule has 9 heteroatoms. The normalized spacial score (nSPS) is 10.8. The van der Waals surface area contributed by atoms with Crippen molar-refractivity contribution in [1.29, 1.82) is 0 Å². The number of carbonyl (C=O) groups is 1. The van der Waals surface area contributed by atoms with E-state index in [2.05, 4.69) is 10.4 Å². The molecule has 0 saturated carbocycles. The molecule has 0 saturated heterocycles. The SMILES string of the molecule is COc1cccc(CNC(=O)Cn2ccn3nc(-c4ccc(OC)c(OC)c4)cc3c2=O)c1. The topological polar surface area (TPSA) is 96.1 Å². The summed E-state index contributed by atoms with van der Waals surface area (Å²) in [6.45, 7) is 0.235. The summed E-state index contributed by atoms with van der Waals surface area (Å²) in [5, 5.41) is 7.31. The van der Waals surface area contributed by atoms with Crippen molar-refractivity contribution < 1.29 is 19.0 Å². The van der Waals surface area contributed by atoms with Crippen molar-refractivity contribution in [1.82, 2.24) is 19.5 Å². The van der Waals surface area contributed by atoms with E-state index in [0.717, 1.165) is 16.9 Å². The lowest BCUT2D eigenvalue weighted by Gasteiger charge is -2.08. The third-order valence-corrected chi connectivity index (χ3v) is 5.22. The van der Waals surface area contributed by atoms with Gasteiger partial charge in [0, 0.05) is 24.5 Å². The summed E-state index contributed by atoms with van der Waals surface area (Å²) in [6, 6.07) is 14.5. The fourth-order valence-electron chi connectivity index (χ4n) is 3.48. The van der Waals surface area contributed by atoms with Crippen LogP contribution >= 0.6 is 0 Å². The lowest BCUT2D eigenvalue weighted by molar-refractivity contribution is -0.121. The standard InChI is InChI=1S/C24H24N4O5/c1-31-18-6-4-5-16(11-18)14-25-23(29)15-27-9-10-28-20(24(27)30)13-19(26-28)17-7-8-21(32-2)22(12-17)33-3/h4-13H,14-15H2,1-3H3,(H,25,29). The molecular weight excluding hydrogens is 424 g/mol. The highest BCUT2D eigenvalue weighted by atomic mass is 16.5. The van der Waals surface area contributed by atoms with E-state index in [0.29, 0.717) is 29.3 Å². The second-order valence-electron chi connectivity index (χ2n) is 7.29. The van der Waals surface area contributed by atoms with Crippen LogP contribution in [0, 0.1) is 0 Å². The van der Waals surface area contributed by atoms with E-state index in [-0.39, 0.29) is 18.0 Å².